The maximum Gasteiger partial charge on any atom is 0.321 e. The first-order valence-electron chi connectivity index (χ1n) is 4.63. The van der Waals surface area contributed by atoms with Crippen molar-refractivity contribution in [3.8, 4) is 0 Å². The van der Waals surface area contributed by atoms with Crippen LogP contribution in [0.2, 0.25) is 0 Å². The van der Waals surface area contributed by atoms with Crippen molar-refractivity contribution in [1.29, 1.82) is 0 Å². The van der Waals surface area contributed by atoms with Crippen molar-refractivity contribution in [2.24, 2.45) is 0 Å². The molecule has 1 atom stereocenters. The van der Waals surface area contributed by atoms with Crippen molar-refractivity contribution in [3.05, 3.63) is 12.0 Å². The van der Waals surface area contributed by atoms with Crippen LogP contribution in [0.4, 0.5) is 0 Å². The quantitative estimate of drug-likeness (QED) is 0.670. The van der Waals surface area contributed by atoms with Crippen LogP contribution in [0, 0.1) is 6.92 Å². The van der Waals surface area contributed by atoms with Crippen LogP contribution in [0.15, 0.2) is 11.2 Å². The molecule has 0 aliphatic carbocycles. The predicted molar refractivity (Wildman–Crippen MR) is 55.4 cm³/mol. The van der Waals surface area contributed by atoms with Crippen LogP contribution in [-0.4, -0.2) is 35.5 Å². The van der Waals surface area contributed by atoms with Gasteiger partial charge in [-0.3, -0.25) is 4.79 Å². The largest absolute Gasteiger partial charge is 0.480 e. The van der Waals surface area contributed by atoms with Crippen molar-refractivity contribution >= 4 is 16.0 Å². The molecule has 0 bridgehead atoms. The number of H-pyrrole nitrogens is 1. The third-order valence-corrected chi connectivity index (χ3v) is 3.35. The molecule has 0 fully saturated rings. The summed E-state index contributed by atoms with van der Waals surface area (Å²) in [5.41, 5.74) is 0. The van der Waals surface area contributed by atoms with Gasteiger partial charge < -0.3 is 10.1 Å². The number of carbonyl (C=O) groups is 1. The zero-order valence-electron chi connectivity index (χ0n) is 8.89. The summed E-state index contributed by atoms with van der Waals surface area (Å²) in [6.45, 7) is 3.19. The van der Waals surface area contributed by atoms with Gasteiger partial charge in [0.25, 0.3) is 10.0 Å². The number of aliphatic carboxylic acids is 1. The molecule has 0 radical (unpaired) electrons. The minimum Gasteiger partial charge on any atom is -0.480 e. The first-order valence-corrected chi connectivity index (χ1v) is 6.12. The van der Waals surface area contributed by atoms with Crippen LogP contribution in [0.25, 0.3) is 0 Å². The summed E-state index contributed by atoms with van der Waals surface area (Å²) in [5, 5.41) is 8.60. The fourth-order valence-electron chi connectivity index (χ4n) is 1.09. The predicted octanol–water partition coefficient (Wildman–Crippen LogP) is -0.140. The van der Waals surface area contributed by atoms with E-state index in [9.17, 15) is 13.2 Å². The Morgan fingerprint density at radius 3 is 2.69 bits per heavy atom. The second-order valence-electron chi connectivity index (χ2n) is 3.25. The SMILES string of the molecule is CC[C@@H](NS(=O)(=O)c1cnc(C)[nH]1)C(=O)O. The Labute approximate surface area is 93.0 Å². The summed E-state index contributed by atoms with van der Waals surface area (Å²) in [6.07, 6.45) is 1.31. The molecule has 0 saturated carbocycles. The highest BCUT2D eigenvalue weighted by molar-refractivity contribution is 7.89. The average Bonchev–Trinajstić information content (AvgIpc) is 2.61. The van der Waals surface area contributed by atoms with Crippen LogP contribution < -0.4 is 4.72 Å². The summed E-state index contributed by atoms with van der Waals surface area (Å²) in [6, 6.07) is -1.13. The van der Waals surface area contributed by atoms with Crippen molar-refractivity contribution in [1.82, 2.24) is 14.7 Å². The Kier molecular flexibility index (Phi) is 3.66. The summed E-state index contributed by atoms with van der Waals surface area (Å²) in [4.78, 5) is 17.0. The summed E-state index contributed by atoms with van der Waals surface area (Å²) in [7, 11) is -3.84. The summed E-state index contributed by atoms with van der Waals surface area (Å²) in [5.74, 6) is -0.758. The number of aromatic nitrogens is 2. The topological polar surface area (TPSA) is 112 Å². The molecule has 0 spiro atoms. The molecule has 3 N–H and O–H groups in total. The molecule has 90 valence electrons. The second kappa shape index (κ2) is 4.62. The molecule has 1 heterocycles. The van der Waals surface area contributed by atoms with E-state index in [-0.39, 0.29) is 11.4 Å². The van der Waals surface area contributed by atoms with Gasteiger partial charge in [0.15, 0.2) is 5.03 Å². The van der Waals surface area contributed by atoms with Crippen molar-refractivity contribution < 1.29 is 18.3 Å². The molecular weight excluding hydrogens is 234 g/mol. The molecule has 1 rings (SSSR count). The lowest BCUT2D eigenvalue weighted by Crippen LogP contribution is -2.40. The molecule has 0 aliphatic rings. The highest BCUT2D eigenvalue weighted by Gasteiger charge is 2.24. The van der Waals surface area contributed by atoms with Gasteiger partial charge >= 0.3 is 5.97 Å². The number of carboxylic acid groups (broad SMARTS) is 1. The Morgan fingerprint density at radius 1 is 1.69 bits per heavy atom. The smallest absolute Gasteiger partial charge is 0.321 e. The van der Waals surface area contributed by atoms with Gasteiger partial charge in [0.2, 0.25) is 0 Å². The fourth-order valence-corrected chi connectivity index (χ4v) is 2.34. The third kappa shape index (κ3) is 2.80. The highest BCUT2D eigenvalue weighted by atomic mass is 32.2. The Bertz CT molecular complexity index is 479. The monoisotopic (exact) mass is 247 g/mol. The summed E-state index contributed by atoms with van der Waals surface area (Å²) < 4.78 is 25.4. The zero-order valence-corrected chi connectivity index (χ0v) is 9.71. The van der Waals surface area contributed by atoms with Crippen LogP contribution >= 0.6 is 0 Å². The van der Waals surface area contributed by atoms with Gasteiger partial charge in [0.05, 0.1) is 6.20 Å². The number of rotatable bonds is 5. The van der Waals surface area contributed by atoms with Gasteiger partial charge in [-0.05, 0) is 13.3 Å². The van der Waals surface area contributed by atoms with Crippen molar-refractivity contribution in [2.75, 3.05) is 0 Å². The number of hydrogen-bond acceptors (Lipinski definition) is 4. The number of nitrogens with zero attached hydrogens (tertiary/aromatic N) is 1. The van der Waals surface area contributed by atoms with E-state index in [0.717, 1.165) is 6.20 Å². The molecule has 0 aromatic carbocycles. The molecule has 0 aliphatic heterocycles. The van der Waals surface area contributed by atoms with E-state index in [1.54, 1.807) is 13.8 Å². The summed E-state index contributed by atoms with van der Waals surface area (Å²) >= 11 is 0. The van der Waals surface area contributed by atoms with E-state index in [4.69, 9.17) is 5.11 Å². The molecule has 1 aromatic heterocycles. The molecule has 8 heteroatoms. The molecule has 1 aromatic rings. The lowest BCUT2D eigenvalue weighted by Gasteiger charge is -2.11. The van der Waals surface area contributed by atoms with E-state index in [0.29, 0.717) is 5.82 Å². The van der Waals surface area contributed by atoms with Crippen LogP contribution in [0.3, 0.4) is 0 Å². The number of aromatic amines is 1. The third-order valence-electron chi connectivity index (χ3n) is 1.97. The van der Waals surface area contributed by atoms with Gasteiger partial charge in [-0.1, -0.05) is 6.92 Å². The highest BCUT2D eigenvalue weighted by Crippen LogP contribution is 2.06. The lowest BCUT2D eigenvalue weighted by atomic mass is 10.2. The Morgan fingerprint density at radius 2 is 2.31 bits per heavy atom. The first-order chi connectivity index (χ1) is 7.36. The van der Waals surface area contributed by atoms with Gasteiger partial charge in [-0.25, -0.2) is 13.4 Å². The van der Waals surface area contributed by atoms with E-state index in [1.807, 2.05) is 0 Å². The minimum absolute atomic E-state index is 0.135. The van der Waals surface area contributed by atoms with Gasteiger partial charge in [-0.15, -0.1) is 0 Å². The maximum absolute atomic E-state index is 11.7. The van der Waals surface area contributed by atoms with Crippen LogP contribution in [0.1, 0.15) is 19.2 Å². The number of hydrogen-bond donors (Lipinski definition) is 3. The fraction of sp³-hybridized carbons (Fsp3) is 0.500. The van der Waals surface area contributed by atoms with E-state index in [1.165, 1.54) is 0 Å². The number of carboxylic acids is 1. The number of sulfonamides is 1. The number of aryl methyl sites for hydroxylation is 1. The molecule has 7 nitrogen and oxygen atoms in total. The van der Waals surface area contributed by atoms with Crippen LogP contribution in [0.5, 0.6) is 0 Å². The lowest BCUT2D eigenvalue weighted by molar-refractivity contribution is -0.139. The van der Waals surface area contributed by atoms with E-state index >= 15 is 0 Å². The average molecular weight is 247 g/mol. The van der Waals surface area contributed by atoms with E-state index < -0.39 is 22.0 Å². The first kappa shape index (κ1) is 12.7. The molecule has 0 amide bonds. The molecule has 16 heavy (non-hydrogen) atoms. The van der Waals surface area contributed by atoms with Crippen LogP contribution in [-0.2, 0) is 14.8 Å². The molecule has 0 saturated heterocycles. The normalized spacial score (nSPS) is 13.6. The minimum atomic E-state index is -3.84. The maximum atomic E-state index is 11.7. The van der Waals surface area contributed by atoms with Gasteiger partial charge in [0, 0.05) is 0 Å². The van der Waals surface area contributed by atoms with Crippen molar-refractivity contribution in [2.45, 2.75) is 31.3 Å². The van der Waals surface area contributed by atoms with Gasteiger partial charge in [0.1, 0.15) is 11.9 Å². The number of imidazole rings is 1. The Balaban J connectivity index is 2.91. The second-order valence-corrected chi connectivity index (χ2v) is 4.94. The standard InChI is InChI=1S/C8H13N3O4S/c1-3-6(8(12)13)11-16(14,15)7-4-9-5(2)10-7/h4,6,11H,3H2,1-2H3,(H,9,10)(H,12,13)/t6-/m1/s1. The van der Waals surface area contributed by atoms with E-state index in [2.05, 4.69) is 14.7 Å². The zero-order chi connectivity index (χ0) is 12.3. The van der Waals surface area contributed by atoms with Gasteiger partial charge in [-0.2, -0.15) is 4.72 Å². The molecule has 0 unspecified atom stereocenters. The molecular formula is C8H13N3O4S. The Hall–Kier alpha value is -1.41. The van der Waals surface area contributed by atoms with Crippen molar-refractivity contribution in [3.63, 3.8) is 0 Å². The number of nitrogens with one attached hydrogen (secondary N) is 2.